The lowest BCUT2D eigenvalue weighted by Crippen LogP contribution is -2.21. The predicted octanol–water partition coefficient (Wildman–Crippen LogP) is 2.67. The van der Waals surface area contributed by atoms with Gasteiger partial charge in [-0.25, -0.2) is 0 Å². The fourth-order valence-electron chi connectivity index (χ4n) is 1.48. The van der Waals surface area contributed by atoms with E-state index in [4.69, 9.17) is 4.74 Å². The van der Waals surface area contributed by atoms with Crippen molar-refractivity contribution in [1.29, 1.82) is 0 Å². The first kappa shape index (κ1) is 15.2. The molecule has 0 bridgehead atoms. The summed E-state index contributed by atoms with van der Waals surface area (Å²) in [5, 5.41) is 2.77. The quantitative estimate of drug-likeness (QED) is 0.335. The van der Waals surface area contributed by atoms with Gasteiger partial charge in [0.15, 0.2) is 0 Å². The van der Waals surface area contributed by atoms with E-state index < -0.39 is 0 Å². The van der Waals surface area contributed by atoms with Crippen molar-refractivity contribution in [3.8, 4) is 0 Å². The van der Waals surface area contributed by atoms with Crippen LogP contribution in [0.2, 0.25) is 0 Å². The van der Waals surface area contributed by atoms with Gasteiger partial charge in [-0.05, 0) is 26.3 Å². The highest BCUT2D eigenvalue weighted by atomic mass is 16.5. The Hall–Kier alpha value is -0.830. The van der Waals surface area contributed by atoms with Gasteiger partial charge in [-0.2, -0.15) is 0 Å². The second-order valence-corrected chi connectivity index (χ2v) is 3.95. The molecule has 0 spiro atoms. The van der Waals surface area contributed by atoms with Gasteiger partial charge >= 0.3 is 5.97 Å². The second kappa shape index (κ2) is 12.2. The molecule has 0 aromatic carbocycles. The smallest absolute Gasteiger partial charge is 0.319 e. The van der Waals surface area contributed by atoms with Crippen LogP contribution in [0.5, 0.6) is 0 Å². The van der Waals surface area contributed by atoms with Gasteiger partial charge in [0.25, 0.3) is 0 Å². The van der Waals surface area contributed by atoms with Gasteiger partial charge in [0.05, 0.1) is 13.2 Å². The summed E-state index contributed by atoms with van der Waals surface area (Å²) in [6, 6.07) is 0. The van der Waals surface area contributed by atoms with Crippen molar-refractivity contribution in [2.24, 2.45) is 0 Å². The van der Waals surface area contributed by atoms with Crippen molar-refractivity contribution in [1.82, 2.24) is 5.32 Å². The highest BCUT2D eigenvalue weighted by Gasteiger charge is 1.99. The Morgan fingerprint density at radius 2 is 1.81 bits per heavy atom. The molecule has 16 heavy (non-hydrogen) atoms. The van der Waals surface area contributed by atoms with Crippen LogP contribution in [-0.2, 0) is 9.53 Å². The van der Waals surface area contributed by atoms with Crippen LogP contribution in [0.3, 0.4) is 0 Å². The fourth-order valence-corrected chi connectivity index (χ4v) is 1.48. The molecule has 0 fully saturated rings. The molecule has 0 aliphatic rings. The lowest BCUT2D eigenvalue weighted by atomic mass is 10.1. The molecule has 0 saturated heterocycles. The highest BCUT2D eigenvalue weighted by Crippen LogP contribution is 2.07. The molecule has 3 heteroatoms. The van der Waals surface area contributed by atoms with Crippen molar-refractivity contribution >= 4 is 5.97 Å². The van der Waals surface area contributed by atoms with Crippen LogP contribution in [0.15, 0.2) is 12.7 Å². The second-order valence-electron chi connectivity index (χ2n) is 3.95. The van der Waals surface area contributed by atoms with Crippen LogP contribution in [0.1, 0.15) is 44.9 Å². The molecule has 0 amide bonds. The molecular formula is C13H25NO2. The van der Waals surface area contributed by atoms with E-state index in [1.54, 1.807) is 7.05 Å². The maximum Gasteiger partial charge on any atom is 0.319 e. The van der Waals surface area contributed by atoms with Crippen LogP contribution in [0.4, 0.5) is 0 Å². The Balaban J connectivity index is 3.03. The van der Waals surface area contributed by atoms with Crippen LogP contribution in [0.25, 0.3) is 0 Å². The zero-order valence-electron chi connectivity index (χ0n) is 10.5. The number of unbranched alkanes of at least 4 members (excludes halogenated alkanes) is 6. The topological polar surface area (TPSA) is 38.3 Å². The number of nitrogens with one attached hydrogen (secondary N) is 1. The van der Waals surface area contributed by atoms with Gasteiger partial charge in [-0.15, -0.1) is 6.58 Å². The maximum absolute atomic E-state index is 11.0. The Labute approximate surface area is 99.3 Å². The standard InChI is InChI=1S/C13H25NO2/c1-3-4-5-6-7-8-9-10-11-16-13(15)12-14-2/h3,14H,1,4-12H2,2H3. The maximum atomic E-state index is 11.0. The first-order valence-electron chi connectivity index (χ1n) is 6.22. The number of esters is 1. The third kappa shape index (κ3) is 11.2. The summed E-state index contributed by atoms with van der Waals surface area (Å²) in [4.78, 5) is 11.0. The minimum Gasteiger partial charge on any atom is -0.465 e. The predicted molar refractivity (Wildman–Crippen MR) is 67.4 cm³/mol. The van der Waals surface area contributed by atoms with Crippen LogP contribution < -0.4 is 5.32 Å². The Morgan fingerprint density at radius 3 is 2.44 bits per heavy atom. The number of carbonyl (C=O) groups is 1. The van der Waals surface area contributed by atoms with Crippen LogP contribution >= 0.6 is 0 Å². The summed E-state index contributed by atoms with van der Waals surface area (Å²) in [5.41, 5.74) is 0. The molecule has 0 aromatic rings. The molecule has 0 saturated carbocycles. The van der Waals surface area contributed by atoms with Crippen LogP contribution in [0, 0.1) is 0 Å². The van der Waals surface area contributed by atoms with Crippen molar-refractivity contribution in [3.05, 3.63) is 12.7 Å². The average Bonchev–Trinajstić information content (AvgIpc) is 2.27. The summed E-state index contributed by atoms with van der Waals surface area (Å²) in [6.45, 7) is 4.57. The molecule has 0 heterocycles. The molecule has 0 aromatic heterocycles. The van der Waals surface area contributed by atoms with Crippen molar-refractivity contribution in [2.45, 2.75) is 44.9 Å². The number of hydrogen-bond acceptors (Lipinski definition) is 3. The van der Waals surface area contributed by atoms with Gasteiger partial charge in [0.2, 0.25) is 0 Å². The first-order valence-corrected chi connectivity index (χ1v) is 6.22. The molecule has 94 valence electrons. The number of ether oxygens (including phenoxy) is 1. The third-order valence-corrected chi connectivity index (χ3v) is 2.39. The van der Waals surface area contributed by atoms with Gasteiger partial charge in [-0.1, -0.05) is 31.8 Å². The highest BCUT2D eigenvalue weighted by molar-refractivity contribution is 5.71. The molecule has 0 unspecified atom stereocenters. The van der Waals surface area contributed by atoms with Gasteiger partial charge in [-0.3, -0.25) is 4.79 Å². The molecule has 0 aliphatic carbocycles. The van der Waals surface area contributed by atoms with E-state index in [0.29, 0.717) is 13.2 Å². The summed E-state index contributed by atoms with van der Waals surface area (Å²) in [7, 11) is 1.74. The molecule has 1 N–H and O–H groups in total. The van der Waals surface area contributed by atoms with E-state index in [-0.39, 0.29) is 5.97 Å². The van der Waals surface area contributed by atoms with E-state index in [9.17, 15) is 4.79 Å². The minimum absolute atomic E-state index is 0.159. The van der Waals surface area contributed by atoms with E-state index in [0.717, 1.165) is 19.3 Å². The normalized spacial score (nSPS) is 10.1. The van der Waals surface area contributed by atoms with Gasteiger partial charge in [0, 0.05) is 0 Å². The summed E-state index contributed by atoms with van der Waals surface area (Å²) >= 11 is 0. The molecule has 0 aliphatic heterocycles. The largest absolute Gasteiger partial charge is 0.465 e. The van der Waals surface area contributed by atoms with Crippen molar-refractivity contribution < 1.29 is 9.53 Å². The molecular weight excluding hydrogens is 202 g/mol. The van der Waals surface area contributed by atoms with Gasteiger partial charge < -0.3 is 10.1 Å². The number of allylic oxidation sites excluding steroid dienone is 1. The number of carbonyl (C=O) groups excluding carboxylic acids is 1. The molecule has 0 rings (SSSR count). The SMILES string of the molecule is C=CCCCCCCCCOC(=O)CNC. The summed E-state index contributed by atoms with van der Waals surface area (Å²) in [6.07, 6.45) is 10.3. The third-order valence-electron chi connectivity index (χ3n) is 2.39. The summed E-state index contributed by atoms with van der Waals surface area (Å²) < 4.78 is 5.01. The number of likely N-dealkylation sites (N-methyl/N-ethyl adjacent to an activating group) is 1. The molecule has 3 nitrogen and oxygen atoms in total. The Morgan fingerprint density at radius 1 is 1.19 bits per heavy atom. The monoisotopic (exact) mass is 227 g/mol. The van der Waals surface area contributed by atoms with E-state index in [1.165, 1.54) is 25.7 Å². The Bertz CT molecular complexity index is 181. The molecule has 0 atom stereocenters. The minimum atomic E-state index is -0.159. The lowest BCUT2D eigenvalue weighted by Gasteiger charge is -2.04. The van der Waals surface area contributed by atoms with Gasteiger partial charge in [0.1, 0.15) is 0 Å². The molecule has 0 radical (unpaired) electrons. The van der Waals surface area contributed by atoms with Crippen molar-refractivity contribution in [3.63, 3.8) is 0 Å². The zero-order chi connectivity index (χ0) is 12.1. The van der Waals surface area contributed by atoms with E-state index in [2.05, 4.69) is 11.9 Å². The Kier molecular flexibility index (Phi) is 11.6. The zero-order valence-corrected chi connectivity index (χ0v) is 10.5. The summed E-state index contributed by atoms with van der Waals surface area (Å²) in [5.74, 6) is -0.159. The van der Waals surface area contributed by atoms with Crippen molar-refractivity contribution in [2.75, 3.05) is 20.2 Å². The number of rotatable bonds is 11. The number of hydrogen-bond donors (Lipinski definition) is 1. The first-order chi connectivity index (χ1) is 7.81. The fraction of sp³-hybridized carbons (Fsp3) is 0.769. The van der Waals surface area contributed by atoms with Crippen LogP contribution in [-0.4, -0.2) is 26.2 Å². The lowest BCUT2D eigenvalue weighted by molar-refractivity contribution is -0.142. The van der Waals surface area contributed by atoms with E-state index >= 15 is 0 Å². The average molecular weight is 227 g/mol. The van der Waals surface area contributed by atoms with E-state index in [1.807, 2.05) is 6.08 Å².